The molecule has 1 unspecified atom stereocenters. The second kappa shape index (κ2) is 10.5. The van der Waals surface area contributed by atoms with E-state index in [-0.39, 0.29) is 17.8 Å². The minimum absolute atomic E-state index is 0.0298. The number of thioether (sulfide) groups is 1. The number of hydrogen-bond acceptors (Lipinski definition) is 6. The molecule has 0 bridgehead atoms. The first-order valence-corrected chi connectivity index (χ1v) is 10.9. The third-order valence-electron chi connectivity index (χ3n) is 4.56. The molecule has 7 nitrogen and oxygen atoms in total. The summed E-state index contributed by atoms with van der Waals surface area (Å²) < 4.78 is 7.39. The Kier molecular flexibility index (Phi) is 8.37. The van der Waals surface area contributed by atoms with Gasteiger partial charge in [-0.1, -0.05) is 51.6 Å². The highest BCUT2D eigenvalue weighted by atomic mass is 32.2. The van der Waals surface area contributed by atoms with Crippen LogP contribution in [0.4, 0.5) is 0 Å². The van der Waals surface area contributed by atoms with Crippen molar-refractivity contribution in [3.63, 3.8) is 0 Å². The quantitative estimate of drug-likeness (QED) is 0.451. The fourth-order valence-electron chi connectivity index (χ4n) is 2.71. The lowest BCUT2D eigenvalue weighted by atomic mass is 10.0. The highest BCUT2D eigenvalue weighted by molar-refractivity contribution is 8.00. The molecule has 1 atom stereocenters. The summed E-state index contributed by atoms with van der Waals surface area (Å²) in [6, 6.07) is 6.19. The van der Waals surface area contributed by atoms with Gasteiger partial charge in [-0.3, -0.25) is 4.79 Å². The number of aromatic nitrogens is 3. The minimum atomic E-state index is -0.313. The summed E-state index contributed by atoms with van der Waals surface area (Å²) in [5, 5.41) is 11.4. The topological polar surface area (TPSA) is 95.1 Å². The monoisotopic (exact) mass is 419 g/mol. The third kappa shape index (κ3) is 6.66. The molecule has 0 radical (unpaired) electrons. The third-order valence-corrected chi connectivity index (χ3v) is 5.61. The number of rotatable bonds is 10. The van der Waals surface area contributed by atoms with E-state index in [2.05, 4.69) is 55.3 Å². The zero-order valence-electron chi connectivity index (χ0n) is 18.2. The minimum Gasteiger partial charge on any atom is -0.485 e. The van der Waals surface area contributed by atoms with Crippen molar-refractivity contribution in [1.29, 1.82) is 0 Å². The highest BCUT2D eigenvalue weighted by Crippen LogP contribution is 2.28. The van der Waals surface area contributed by atoms with Gasteiger partial charge in [0.05, 0.1) is 5.25 Å². The van der Waals surface area contributed by atoms with Crippen LogP contribution in [0.25, 0.3) is 0 Å². The first-order chi connectivity index (χ1) is 13.7. The molecule has 160 valence electrons. The van der Waals surface area contributed by atoms with E-state index in [0.717, 1.165) is 23.3 Å². The number of hydrogen-bond donors (Lipinski definition) is 2. The number of nitrogen functional groups attached to an aromatic ring is 1. The zero-order valence-corrected chi connectivity index (χ0v) is 19.0. The van der Waals surface area contributed by atoms with Crippen molar-refractivity contribution >= 4 is 17.7 Å². The Hall–Kier alpha value is -2.22. The van der Waals surface area contributed by atoms with E-state index >= 15 is 0 Å². The Balaban J connectivity index is 1.97. The first-order valence-electron chi connectivity index (χ1n) is 10.1. The highest BCUT2D eigenvalue weighted by Gasteiger charge is 2.19. The summed E-state index contributed by atoms with van der Waals surface area (Å²) in [5.74, 6) is 8.35. The fourth-order valence-corrected chi connectivity index (χ4v) is 3.52. The van der Waals surface area contributed by atoms with E-state index in [9.17, 15) is 4.79 Å². The Bertz CT molecular complexity index is 819. The van der Waals surface area contributed by atoms with Crippen molar-refractivity contribution in [2.45, 2.75) is 70.9 Å². The average molecular weight is 420 g/mol. The van der Waals surface area contributed by atoms with Gasteiger partial charge in [0.15, 0.2) is 5.82 Å². The molecule has 2 rings (SSSR count). The molecule has 8 heteroatoms. The van der Waals surface area contributed by atoms with Crippen molar-refractivity contribution < 1.29 is 9.53 Å². The van der Waals surface area contributed by atoms with Crippen molar-refractivity contribution in [2.24, 2.45) is 5.92 Å². The molecule has 0 saturated carbocycles. The summed E-state index contributed by atoms with van der Waals surface area (Å²) in [7, 11) is 0. The average Bonchev–Trinajstić information content (AvgIpc) is 2.99. The Morgan fingerprint density at radius 3 is 2.62 bits per heavy atom. The van der Waals surface area contributed by atoms with Gasteiger partial charge in [-0.05, 0) is 49.3 Å². The maximum Gasteiger partial charge on any atom is 0.233 e. The van der Waals surface area contributed by atoms with Crippen molar-refractivity contribution in [2.75, 3.05) is 12.4 Å². The maximum absolute atomic E-state index is 12.2. The van der Waals surface area contributed by atoms with Crippen LogP contribution in [0.2, 0.25) is 0 Å². The summed E-state index contributed by atoms with van der Waals surface area (Å²) in [5.41, 5.74) is 2.27. The van der Waals surface area contributed by atoms with Gasteiger partial charge >= 0.3 is 0 Å². The van der Waals surface area contributed by atoms with Gasteiger partial charge in [0.25, 0.3) is 0 Å². The molecule has 29 heavy (non-hydrogen) atoms. The molecule has 1 aromatic carbocycles. The molecule has 0 saturated heterocycles. The van der Waals surface area contributed by atoms with E-state index in [1.807, 2.05) is 19.9 Å². The van der Waals surface area contributed by atoms with Crippen molar-refractivity contribution in [3.8, 4) is 5.75 Å². The van der Waals surface area contributed by atoms with Crippen LogP contribution < -0.4 is 15.9 Å². The summed E-state index contributed by atoms with van der Waals surface area (Å²) in [6.45, 7) is 13.3. The van der Waals surface area contributed by atoms with E-state index in [4.69, 9.17) is 10.6 Å². The van der Waals surface area contributed by atoms with Crippen LogP contribution in [0.5, 0.6) is 5.75 Å². The lowest BCUT2D eigenvalue weighted by molar-refractivity contribution is -0.120. The molecule has 1 amide bonds. The van der Waals surface area contributed by atoms with Crippen LogP contribution in [0.3, 0.4) is 0 Å². The zero-order chi connectivity index (χ0) is 21.6. The number of carbonyl (C=O) groups is 1. The fraction of sp³-hybridized carbons (Fsp3) is 0.571. The number of nitrogens with zero attached hydrogens (tertiary/aromatic N) is 3. The molecule has 0 aliphatic rings. The lowest BCUT2D eigenvalue weighted by Crippen LogP contribution is -2.32. The molecule has 0 fully saturated rings. The summed E-state index contributed by atoms with van der Waals surface area (Å²) in [4.78, 5) is 12.2. The van der Waals surface area contributed by atoms with Gasteiger partial charge in [-0.2, -0.15) is 0 Å². The molecule has 0 aliphatic carbocycles. The second-order valence-corrected chi connectivity index (χ2v) is 9.30. The molecule has 3 N–H and O–H groups in total. The van der Waals surface area contributed by atoms with Gasteiger partial charge in [0.1, 0.15) is 12.4 Å². The molecule has 1 heterocycles. The number of carbonyl (C=O) groups excluding carboxylic acids is 1. The van der Waals surface area contributed by atoms with Gasteiger partial charge < -0.3 is 15.9 Å². The summed E-state index contributed by atoms with van der Waals surface area (Å²) in [6.07, 6.45) is 0.953. The van der Waals surface area contributed by atoms with Crippen LogP contribution in [0.1, 0.15) is 63.9 Å². The number of benzene rings is 1. The molecule has 0 aliphatic heterocycles. The standard InChI is InChI=1S/C21H33N5O2S/c1-13(2)9-10-23-20(27)16(6)29-21-25-24-19(26(21)22)12-28-18-11-15(5)7-8-17(18)14(3)4/h7-8,11,13-14,16H,9-10,12,22H2,1-6H3,(H,23,27). The lowest BCUT2D eigenvalue weighted by Gasteiger charge is -2.15. The van der Waals surface area contributed by atoms with Crippen molar-refractivity contribution in [1.82, 2.24) is 20.2 Å². The van der Waals surface area contributed by atoms with Crippen LogP contribution in [0, 0.1) is 12.8 Å². The van der Waals surface area contributed by atoms with E-state index < -0.39 is 0 Å². The van der Waals surface area contributed by atoms with Gasteiger partial charge in [0, 0.05) is 6.54 Å². The molecular formula is C21H33N5O2S. The predicted molar refractivity (Wildman–Crippen MR) is 118 cm³/mol. The first kappa shape index (κ1) is 23.1. The molecule has 2 aromatic rings. The number of aryl methyl sites for hydroxylation is 1. The Morgan fingerprint density at radius 2 is 1.97 bits per heavy atom. The second-order valence-electron chi connectivity index (χ2n) is 7.99. The number of nitrogens with two attached hydrogens (primary N) is 1. The normalized spacial score (nSPS) is 12.4. The number of ether oxygens (including phenoxy) is 1. The van der Waals surface area contributed by atoms with Crippen molar-refractivity contribution in [3.05, 3.63) is 35.2 Å². The van der Waals surface area contributed by atoms with Crippen LogP contribution in [-0.2, 0) is 11.4 Å². The van der Waals surface area contributed by atoms with Gasteiger partial charge in [-0.25, -0.2) is 4.68 Å². The van der Waals surface area contributed by atoms with Gasteiger partial charge in [0.2, 0.25) is 11.1 Å². The Morgan fingerprint density at radius 1 is 1.24 bits per heavy atom. The van der Waals surface area contributed by atoms with E-state index in [0.29, 0.717) is 29.4 Å². The Labute approximate surface area is 177 Å². The van der Waals surface area contributed by atoms with Crippen LogP contribution in [-0.4, -0.2) is 32.6 Å². The smallest absolute Gasteiger partial charge is 0.233 e. The molecule has 0 spiro atoms. The van der Waals surface area contributed by atoms with E-state index in [1.54, 1.807) is 0 Å². The van der Waals surface area contributed by atoms with Gasteiger partial charge in [-0.15, -0.1) is 10.2 Å². The number of amides is 1. The molecular weight excluding hydrogens is 386 g/mol. The van der Waals surface area contributed by atoms with Crippen LogP contribution in [0.15, 0.2) is 23.4 Å². The van der Waals surface area contributed by atoms with E-state index in [1.165, 1.54) is 16.4 Å². The van der Waals surface area contributed by atoms with Crippen LogP contribution >= 0.6 is 11.8 Å². The largest absolute Gasteiger partial charge is 0.485 e. The predicted octanol–water partition coefficient (Wildman–Crippen LogP) is 3.65. The summed E-state index contributed by atoms with van der Waals surface area (Å²) >= 11 is 1.29. The SMILES string of the molecule is Cc1ccc(C(C)C)c(OCc2nnc(SC(C)C(=O)NCCC(C)C)n2N)c1. The molecule has 1 aromatic heterocycles. The maximum atomic E-state index is 12.2. The number of nitrogens with one attached hydrogen (secondary N) is 1.